The van der Waals surface area contributed by atoms with Gasteiger partial charge in [-0.2, -0.15) is 13.2 Å². The number of carbonyl (C=O) groups is 1. The van der Waals surface area contributed by atoms with E-state index in [1.807, 2.05) is 13.8 Å². The second kappa shape index (κ2) is 7.45. The highest BCUT2D eigenvalue weighted by Gasteiger charge is 2.47. The summed E-state index contributed by atoms with van der Waals surface area (Å²) in [5.74, 6) is -0.336. The van der Waals surface area contributed by atoms with E-state index in [0.717, 1.165) is 0 Å². The van der Waals surface area contributed by atoms with Crippen LogP contribution in [0.3, 0.4) is 0 Å². The molecule has 1 saturated carbocycles. The molecule has 7 heteroatoms. The van der Waals surface area contributed by atoms with E-state index in [1.165, 1.54) is 7.11 Å². The maximum Gasteiger partial charge on any atom is 0.389 e. The van der Waals surface area contributed by atoms with E-state index in [-0.39, 0.29) is 31.1 Å². The van der Waals surface area contributed by atoms with Crippen LogP contribution in [0.5, 0.6) is 0 Å². The zero-order chi connectivity index (χ0) is 16.1. The molecule has 0 aromatic rings. The Morgan fingerprint density at radius 2 is 2.10 bits per heavy atom. The predicted octanol–water partition coefficient (Wildman–Crippen LogP) is 2.81. The van der Waals surface area contributed by atoms with Gasteiger partial charge in [-0.05, 0) is 33.1 Å². The second-order valence-electron chi connectivity index (χ2n) is 5.83. The third kappa shape index (κ3) is 5.82. The molecule has 0 aromatic carbocycles. The van der Waals surface area contributed by atoms with Gasteiger partial charge in [0.15, 0.2) is 0 Å². The third-order valence-electron chi connectivity index (χ3n) is 3.57. The lowest BCUT2D eigenvalue weighted by Gasteiger charge is -2.30. The van der Waals surface area contributed by atoms with Crippen LogP contribution in [0.2, 0.25) is 0 Å². The Hall–Kier alpha value is -0.820. The summed E-state index contributed by atoms with van der Waals surface area (Å²) in [5.41, 5.74) is -0.780. The monoisotopic (exact) mass is 311 g/mol. The van der Waals surface area contributed by atoms with Crippen molar-refractivity contribution in [3.63, 3.8) is 0 Å². The van der Waals surface area contributed by atoms with Crippen molar-refractivity contribution >= 4 is 5.97 Å². The fourth-order valence-corrected chi connectivity index (χ4v) is 2.79. The fraction of sp³-hybridized carbons (Fsp3) is 0.929. The Morgan fingerprint density at radius 1 is 1.43 bits per heavy atom. The molecule has 0 spiro atoms. The van der Waals surface area contributed by atoms with Crippen LogP contribution in [0.25, 0.3) is 0 Å². The molecule has 0 aromatic heterocycles. The van der Waals surface area contributed by atoms with Gasteiger partial charge in [0.25, 0.3) is 0 Å². The first-order valence-corrected chi connectivity index (χ1v) is 7.23. The van der Waals surface area contributed by atoms with Crippen molar-refractivity contribution in [2.24, 2.45) is 0 Å². The quantitative estimate of drug-likeness (QED) is 0.580. The lowest BCUT2D eigenvalue weighted by atomic mass is 9.96. The van der Waals surface area contributed by atoms with Crippen LogP contribution >= 0.6 is 0 Å². The zero-order valence-corrected chi connectivity index (χ0v) is 12.8. The number of methoxy groups -OCH3 is 1. The molecular formula is C14H24F3NO3. The van der Waals surface area contributed by atoms with Crippen molar-refractivity contribution in [1.29, 1.82) is 0 Å². The summed E-state index contributed by atoms with van der Waals surface area (Å²) in [6, 6.07) is 0.105. The number of alkyl halides is 3. The van der Waals surface area contributed by atoms with Gasteiger partial charge in [-0.25, -0.2) is 0 Å². The molecule has 0 amide bonds. The van der Waals surface area contributed by atoms with Gasteiger partial charge in [-0.15, -0.1) is 0 Å². The van der Waals surface area contributed by atoms with Crippen LogP contribution in [0, 0.1) is 0 Å². The zero-order valence-electron chi connectivity index (χ0n) is 12.8. The van der Waals surface area contributed by atoms with E-state index in [4.69, 9.17) is 9.47 Å². The van der Waals surface area contributed by atoms with Gasteiger partial charge in [0.2, 0.25) is 0 Å². The smallest absolute Gasteiger partial charge is 0.389 e. The average molecular weight is 311 g/mol. The summed E-state index contributed by atoms with van der Waals surface area (Å²) >= 11 is 0. The third-order valence-corrected chi connectivity index (χ3v) is 3.57. The number of nitrogens with one attached hydrogen (secondary N) is 1. The molecule has 0 aliphatic heterocycles. The summed E-state index contributed by atoms with van der Waals surface area (Å²) in [4.78, 5) is 12.0. The minimum absolute atomic E-state index is 0.0527. The number of esters is 1. The summed E-state index contributed by atoms with van der Waals surface area (Å²) in [6.07, 6.45) is -3.60. The van der Waals surface area contributed by atoms with E-state index in [0.29, 0.717) is 19.3 Å². The molecule has 1 fully saturated rings. The van der Waals surface area contributed by atoms with Gasteiger partial charge in [-0.1, -0.05) is 0 Å². The molecule has 0 radical (unpaired) electrons. The normalized spacial score (nSPS) is 26.3. The van der Waals surface area contributed by atoms with Crippen LogP contribution in [-0.2, 0) is 14.3 Å². The highest BCUT2D eigenvalue weighted by Crippen LogP contribution is 2.34. The topological polar surface area (TPSA) is 47.6 Å². The second-order valence-corrected chi connectivity index (χ2v) is 5.83. The van der Waals surface area contributed by atoms with Crippen molar-refractivity contribution in [1.82, 2.24) is 5.32 Å². The predicted molar refractivity (Wildman–Crippen MR) is 71.9 cm³/mol. The van der Waals surface area contributed by atoms with Crippen LogP contribution < -0.4 is 5.32 Å². The maximum atomic E-state index is 12.0. The van der Waals surface area contributed by atoms with E-state index < -0.39 is 18.1 Å². The van der Waals surface area contributed by atoms with E-state index in [2.05, 4.69) is 5.32 Å². The van der Waals surface area contributed by atoms with Crippen molar-refractivity contribution < 1.29 is 27.4 Å². The van der Waals surface area contributed by atoms with E-state index in [9.17, 15) is 18.0 Å². The highest BCUT2D eigenvalue weighted by molar-refractivity contribution is 5.81. The maximum absolute atomic E-state index is 12.0. The number of halogens is 3. The number of hydrogen-bond acceptors (Lipinski definition) is 4. The van der Waals surface area contributed by atoms with Gasteiger partial charge in [0.05, 0.1) is 13.2 Å². The van der Waals surface area contributed by atoms with E-state index in [1.54, 1.807) is 0 Å². The Balaban J connectivity index is 2.46. The van der Waals surface area contributed by atoms with Gasteiger partial charge >= 0.3 is 12.1 Å². The first-order valence-electron chi connectivity index (χ1n) is 7.23. The molecular weight excluding hydrogens is 287 g/mol. The summed E-state index contributed by atoms with van der Waals surface area (Å²) in [6.45, 7) is 3.92. The molecule has 0 heterocycles. The van der Waals surface area contributed by atoms with Gasteiger partial charge in [-0.3, -0.25) is 10.1 Å². The van der Waals surface area contributed by atoms with Gasteiger partial charge < -0.3 is 9.47 Å². The molecule has 0 bridgehead atoms. The van der Waals surface area contributed by atoms with Crippen molar-refractivity contribution in [2.45, 2.75) is 69.8 Å². The Bertz CT molecular complexity index is 347. The lowest BCUT2D eigenvalue weighted by Crippen LogP contribution is -2.53. The molecule has 1 aliphatic carbocycles. The summed E-state index contributed by atoms with van der Waals surface area (Å²) < 4.78 is 46.5. The molecule has 21 heavy (non-hydrogen) atoms. The molecule has 0 saturated heterocycles. The lowest BCUT2D eigenvalue weighted by molar-refractivity contribution is -0.149. The first kappa shape index (κ1) is 18.2. The van der Waals surface area contributed by atoms with Gasteiger partial charge in [0.1, 0.15) is 5.54 Å². The molecule has 4 nitrogen and oxygen atoms in total. The van der Waals surface area contributed by atoms with Crippen LogP contribution in [-0.4, -0.2) is 43.5 Å². The molecule has 1 aliphatic rings. The van der Waals surface area contributed by atoms with E-state index >= 15 is 0 Å². The van der Waals surface area contributed by atoms with Gasteiger partial charge in [0, 0.05) is 25.5 Å². The largest absolute Gasteiger partial charge is 0.468 e. The molecule has 2 unspecified atom stereocenters. The summed E-state index contributed by atoms with van der Waals surface area (Å²) in [5, 5.41) is 3.22. The minimum atomic E-state index is -4.14. The fourth-order valence-electron chi connectivity index (χ4n) is 2.79. The molecule has 124 valence electrons. The Morgan fingerprint density at radius 3 is 2.62 bits per heavy atom. The average Bonchev–Trinajstić information content (AvgIpc) is 2.76. The van der Waals surface area contributed by atoms with Crippen molar-refractivity contribution in [3.05, 3.63) is 0 Å². The minimum Gasteiger partial charge on any atom is -0.468 e. The number of hydrogen-bond donors (Lipinski definition) is 1. The van der Waals surface area contributed by atoms with Crippen molar-refractivity contribution in [2.75, 3.05) is 13.7 Å². The Labute approximate surface area is 123 Å². The molecule has 1 N–H and O–H groups in total. The summed E-state index contributed by atoms with van der Waals surface area (Å²) in [7, 11) is 1.34. The number of carbonyl (C=O) groups excluding carboxylic acids is 1. The van der Waals surface area contributed by atoms with Crippen LogP contribution in [0.1, 0.15) is 46.0 Å². The molecule has 2 atom stereocenters. The number of rotatable bonds is 7. The Kier molecular flexibility index (Phi) is 6.46. The SMILES string of the molecule is COC(=O)C1(NC(C)C)CCC(OCCCC(F)(F)F)C1. The standard InChI is InChI=1S/C14H24F3NO3/c1-10(2)18-13(12(19)20-3)7-5-11(9-13)21-8-4-6-14(15,16)17/h10-11,18H,4-9H2,1-3H3. The number of ether oxygens (including phenoxy) is 2. The first-order chi connectivity index (χ1) is 9.68. The molecule has 1 rings (SSSR count). The van der Waals surface area contributed by atoms with Crippen LogP contribution in [0.15, 0.2) is 0 Å². The highest BCUT2D eigenvalue weighted by atomic mass is 19.4. The van der Waals surface area contributed by atoms with Crippen LogP contribution in [0.4, 0.5) is 13.2 Å². The van der Waals surface area contributed by atoms with Crippen molar-refractivity contribution in [3.8, 4) is 0 Å².